The number of allylic oxidation sites excluding steroid dienone is 1. The van der Waals surface area contributed by atoms with Crippen LogP contribution in [0.25, 0.3) is 0 Å². The molecule has 4 rings (SSSR count). The molecule has 0 saturated carbocycles. The Kier molecular flexibility index (Phi) is 6.01. The van der Waals surface area contributed by atoms with Crippen molar-refractivity contribution in [2.24, 2.45) is 4.99 Å². The molecule has 0 aromatic carbocycles. The summed E-state index contributed by atoms with van der Waals surface area (Å²) in [5.74, 6) is -0.533. The first-order chi connectivity index (χ1) is 14.6. The van der Waals surface area contributed by atoms with Gasteiger partial charge in [-0.1, -0.05) is 23.9 Å². The van der Waals surface area contributed by atoms with Gasteiger partial charge < -0.3 is 15.0 Å². The first kappa shape index (κ1) is 20.4. The maximum absolute atomic E-state index is 12.6. The van der Waals surface area contributed by atoms with Gasteiger partial charge >= 0.3 is 5.97 Å². The van der Waals surface area contributed by atoms with Crippen LogP contribution >= 0.6 is 23.1 Å². The van der Waals surface area contributed by atoms with E-state index >= 15 is 0 Å². The minimum absolute atomic E-state index is 0.121. The van der Waals surface area contributed by atoms with Gasteiger partial charge in [0.25, 0.3) is 0 Å². The third-order valence-corrected chi connectivity index (χ3v) is 6.57. The van der Waals surface area contributed by atoms with Crippen molar-refractivity contribution in [3.8, 4) is 0 Å². The molecule has 2 aromatic heterocycles. The van der Waals surface area contributed by atoms with Gasteiger partial charge in [0.15, 0.2) is 5.17 Å². The van der Waals surface area contributed by atoms with E-state index < -0.39 is 5.97 Å². The maximum atomic E-state index is 12.6. The van der Waals surface area contributed by atoms with Gasteiger partial charge in [-0.3, -0.25) is 9.78 Å². The Hall–Kier alpha value is -2.91. The average Bonchev–Trinajstić information content (AvgIpc) is 3.42. The molecule has 1 N–H and O–H groups in total. The molecule has 154 valence electrons. The van der Waals surface area contributed by atoms with E-state index in [1.807, 2.05) is 52.9 Å². The van der Waals surface area contributed by atoms with Crippen LogP contribution < -0.4 is 5.32 Å². The smallest absolute Gasteiger partial charge is 0.338 e. The van der Waals surface area contributed by atoms with Gasteiger partial charge in [-0.05, 0) is 35.9 Å². The van der Waals surface area contributed by atoms with Crippen LogP contribution in [0, 0.1) is 0 Å². The van der Waals surface area contributed by atoms with Crippen molar-refractivity contribution in [2.75, 3.05) is 7.11 Å². The number of pyridine rings is 1. The number of carbonyl (C=O) groups is 2. The molecule has 0 saturated heterocycles. The van der Waals surface area contributed by atoms with E-state index in [0.29, 0.717) is 17.8 Å². The fourth-order valence-corrected chi connectivity index (χ4v) is 5.16. The predicted octanol–water partition coefficient (Wildman–Crippen LogP) is 3.60. The van der Waals surface area contributed by atoms with Crippen molar-refractivity contribution in [3.05, 3.63) is 74.9 Å². The van der Waals surface area contributed by atoms with E-state index in [4.69, 9.17) is 4.74 Å². The number of aromatic nitrogens is 1. The van der Waals surface area contributed by atoms with Gasteiger partial charge in [-0.25, -0.2) is 9.79 Å². The van der Waals surface area contributed by atoms with Gasteiger partial charge in [-0.15, -0.1) is 11.3 Å². The molecule has 0 bridgehead atoms. The minimum Gasteiger partial charge on any atom is -0.466 e. The van der Waals surface area contributed by atoms with Crippen molar-refractivity contribution in [2.45, 2.75) is 25.9 Å². The molecule has 1 amide bonds. The molecule has 4 heterocycles. The summed E-state index contributed by atoms with van der Waals surface area (Å²) in [6.07, 6.45) is 1.87. The first-order valence-corrected chi connectivity index (χ1v) is 11.1. The molecule has 2 aliphatic rings. The number of hydrogen-bond donors (Lipinski definition) is 1. The summed E-state index contributed by atoms with van der Waals surface area (Å²) >= 11 is 3.01. The van der Waals surface area contributed by atoms with E-state index in [1.165, 1.54) is 18.9 Å². The Balaban J connectivity index is 1.56. The minimum atomic E-state index is -0.412. The number of ether oxygens (including phenoxy) is 1. The van der Waals surface area contributed by atoms with Gasteiger partial charge in [-0.2, -0.15) is 0 Å². The standard InChI is InChI=1S/C21H20N4O3S2/c1-13-18(20(27)28-2)19(16-7-5-9-29-16)25-15(12-30-21(25)24-13)10-17(26)23-11-14-6-3-4-8-22-14/h3-9,12,19H,10-11H2,1-2H3,(H,23,26). The molecular weight excluding hydrogens is 420 g/mol. The zero-order valence-electron chi connectivity index (χ0n) is 16.5. The quantitative estimate of drug-likeness (QED) is 0.691. The highest BCUT2D eigenvalue weighted by atomic mass is 32.2. The molecule has 0 radical (unpaired) electrons. The second-order valence-electron chi connectivity index (χ2n) is 6.67. The number of nitrogens with one attached hydrogen (secondary N) is 1. The van der Waals surface area contributed by atoms with Gasteiger partial charge in [0, 0.05) is 16.8 Å². The molecule has 0 spiro atoms. The van der Waals surface area contributed by atoms with Crippen LogP contribution in [-0.2, 0) is 20.9 Å². The molecule has 0 fully saturated rings. The second kappa shape index (κ2) is 8.85. The van der Waals surface area contributed by atoms with Crippen LogP contribution in [-0.4, -0.2) is 34.0 Å². The van der Waals surface area contributed by atoms with Crippen molar-refractivity contribution in [1.29, 1.82) is 0 Å². The topological polar surface area (TPSA) is 83.9 Å². The summed E-state index contributed by atoms with van der Waals surface area (Å²) in [4.78, 5) is 37.0. The van der Waals surface area contributed by atoms with Crippen molar-refractivity contribution < 1.29 is 14.3 Å². The zero-order chi connectivity index (χ0) is 21.1. The highest BCUT2D eigenvalue weighted by molar-refractivity contribution is 8.16. The highest BCUT2D eigenvalue weighted by Gasteiger charge is 2.41. The Morgan fingerprint density at radius 1 is 1.27 bits per heavy atom. The largest absolute Gasteiger partial charge is 0.466 e. The number of rotatable bonds is 6. The lowest BCUT2D eigenvalue weighted by atomic mass is 9.99. The second-order valence-corrected chi connectivity index (χ2v) is 8.49. The van der Waals surface area contributed by atoms with E-state index in [2.05, 4.69) is 15.3 Å². The molecule has 9 heteroatoms. The first-order valence-electron chi connectivity index (χ1n) is 9.31. The lowest BCUT2D eigenvalue weighted by molar-refractivity contribution is -0.136. The Morgan fingerprint density at radius 2 is 2.13 bits per heavy atom. The zero-order valence-corrected chi connectivity index (χ0v) is 18.1. The number of fused-ring (bicyclic) bond motifs is 1. The summed E-state index contributed by atoms with van der Waals surface area (Å²) in [5, 5.41) is 7.55. The van der Waals surface area contributed by atoms with E-state index in [-0.39, 0.29) is 18.4 Å². The molecule has 0 aliphatic carbocycles. The lowest BCUT2D eigenvalue weighted by Gasteiger charge is -2.35. The number of thioether (sulfide) groups is 1. The number of aliphatic imine (C=N–C) groups is 1. The van der Waals surface area contributed by atoms with Crippen LogP contribution in [0.1, 0.15) is 30.0 Å². The highest BCUT2D eigenvalue weighted by Crippen LogP contribution is 2.45. The number of hydrogen-bond acceptors (Lipinski definition) is 8. The predicted molar refractivity (Wildman–Crippen MR) is 117 cm³/mol. The number of amides is 1. The van der Waals surface area contributed by atoms with E-state index in [1.54, 1.807) is 17.5 Å². The van der Waals surface area contributed by atoms with E-state index in [0.717, 1.165) is 21.4 Å². The molecule has 2 aliphatic heterocycles. The Labute approximate surface area is 182 Å². The van der Waals surface area contributed by atoms with Gasteiger partial charge in [0.1, 0.15) is 6.04 Å². The van der Waals surface area contributed by atoms with Crippen molar-refractivity contribution in [1.82, 2.24) is 15.2 Å². The third-order valence-electron chi connectivity index (χ3n) is 4.75. The SMILES string of the molecule is COC(=O)C1=C(C)N=C2SC=C(CC(=O)NCc3ccccn3)N2C1c1cccs1. The third kappa shape index (κ3) is 4.03. The summed E-state index contributed by atoms with van der Waals surface area (Å²) in [7, 11) is 1.37. The van der Waals surface area contributed by atoms with Gasteiger partial charge in [0.05, 0.1) is 37.0 Å². The Bertz CT molecular complexity index is 1050. The number of nitrogens with zero attached hydrogens (tertiary/aromatic N) is 3. The molecule has 2 aromatic rings. The average molecular weight is 441 g/mol. The molecule has 1 unspecified atom stereocenters. The summed E-state index contributed by atoms with van der Waals surface area (Å²) in [5.41, 5.74) is 2.72. The van der Waals surface area contributed by atoms with E-state index in [9.17, 15) is 9.59 Å². The lowest BCUT2D eigenvalue weighted by Crippen LogP contribution is -2.37. The van der Waals surface area contributed by atoms with Crippen LogP contribution in [0.4, 0.5) is 0 Å². The normalized spacial score (nSPS) is 17.9. The number of methoxy groups -OCH3 is 1. The number of thiophene rings is 1. The maximum Gasteiger partial charge on any atom is 0.338 e. The van der Waals surface area contributed by atoms with Crippen LogP contribution in [0.3, 0.4) is 0 Å². The monoisotopic (exact) mass is 440 g/mol. The summed E-state index contributed by atoms with van der Waals surface area (Å²) < 4.78 is 5.04. The Morgan fingerprint density at radius 3 is 2.83 bits per heavy atom. The number of carbonyl (C=O) groups excluding carboxylic acids is 2. The molecular formula is C21H20N4O3S2. The fraction of sp³-hybridized carbons (Fsp3) is 0.238. The molecule has 30 heavy (non-hydrogen) atoms. The van der Waals surface area contributed by atoms with Gasteiger partial charge in [0.2, 0.25) is 5.91 Å². The van der Waals surface area contributed by atoms with Crippen LogP contribution in [0.2, 0.25) is 0 Å². The van der Waals surface area contributed by atoms with Crippen molar-refractivity contribution >= 4 is 40.1 Å². The fourth-order valence-electron chi connectivity index (χ4n) is 3.38. The molecule has 1 atom stereocenters. The number of esters is 1. The summed E-state index contributed by atoms with van der Waals surface area (Å²) in [6, 6.07) is 9.15. The van der Waals surface area contributed by atoms with Crippen LogP contribution in [0.15, 0.2) is 69.3 Å². The molecule has 7 nitrogen and oxygen atoms in total. The summed E-state index contributed by atoms with van der Waals surface area (Å²) in [6.45, 7) is 2.18. The number of amidine groups is 1. The van der Waals surface area contributed by atoms with Crippen LogP contribution in [0.5, 0.6) is 0 Å². The van der Waals surface area contributed by atoms with Crippen molar-refractivity contribution in [3.63, 3.8) is 0 Å².